The first kappa shape index (κ1) is 19.2. The summed E-state index contributed by atoms with van der Waals surface area (Å²) in [5.74, 6) is -0.913. The maximum absolute atomic E-state index is 12.3. The van der Waals surface area contributed by atoms with Gasteiger partial charge in [-0.05, 0) is 55.5 Å². The number of anilines is 1. The van der Waals surface area contributed by atoms with E-state index in [4.69, 9.17) is 0 Å². The van der Waals surface area contributed by atoms with Gasteiger partial charge in [0, 0.05) is 11.1 Å². The summed E-state index contributed by atoms with van der Waals surface area (Å²) in [6.45, 7) is 1.70. The number of hydrogen-bond donors (Lipinski definition) is 1. The third-order valence-corrected chi connectivity index (χ3v) is 3.79. The second-order valence-corrected chi connectivity index (χ2v) is 5.81. The van der Waals surface area contributed by atoms with E-state index in [1.54, 1.807) is 42.1 Å². The van der Waals surface area contributed by atoms with Crippen LogP contribution in [0.3, 0.4) is 0 Å². The Hall–Kier alpha value is -3.62. The second kappa shape index (κ2) is 7.55. The fraction of sp³-hybridized carbons (Fsp3) is 0.105. The van der Waals surface area contributed by atoms with Crippen molar-refractivity contribution in [3.63, 3.8) is 0 Å². The molecule has 0 aliphatic heterocycles. The predicted octanol–water partition coefficient (Wildman–Crippen LogP) is 4.14. The van der Waals surface area contributed by atoms with Crippen LogP contribution in [-0.4, -0.2) is 28.3 Å². The zero-order valence-electron chi connectivity index (χ0n) is 14.5. The summed E-state index contributed by atoms with van der Waals surface area (Å²) in [6.07, 6.45) is -2.46. The molecule has 0 saturated carbocycles. The lowest BCUT2D eigenvalue weighted by atomic mass is 10.2. The number of amides is 1. The van der Waals surface area contributed by atoms with Crippen LogP contribution in [0.2, 0.25) is 0 Å². The highest BCUT2D eigenvalue weighted by molar-refractivity contribution is 6.04. The topological polar surface area (TPSA) is 73.2 Å². The number of nitrogens with one attached hydrogen (secondary N) is 1. The van der Waals surface area contributed by atoms with E-state index in [2.05, 4.69) is 15.2 Å². The molecule has 1 N–H and O–H groups in total. The summed E-state index contributed by atoms with van der Waals surface area (Å²) < 4.78 is 41.9. The zero-order chi connectivity index (χ0) is 20.3. The average Bonchev–Trinajstić information content (AvgIpc) is 3.01. The van der Waals surface area contributed by atoms with Gasteiger partial charge >= 0.3 is 6.36 Å². The van der Waals surface area contributed by atoms with E-state index in [-0.39, 0.29) is 5.56 Å². The Morgan fingerprint density at radius 1 is 1.11 bits per heavy atom. The van der Waals surface area contributed by atoms with Gasteiger partial charge in [-0.25, -0.2) is 4.68 Å². The molecule has 144 valence electrons. The molecule has 1 amide bonds. The number of rotatable bonds is 5. The number of carbonyl (C=O) groups is 2. The van der Waals surface area contributed by atoms with Gasteiger partial charge in [0.1, 0.15) is 12.0 Å². The molecular weight excluding hydrogens is 375 g/mol. The van der Waals surface area contributed by atoms with Crippen LogP contribution in [0.1, 0.15) is 26.4 Å². The summed E-state index contributed by atoms with van der Waals surface area (Å²) in [5.41, 5.74) is 2.38. The van der Waals surface area contributed by atoms with Crippen LogP contribution >= 0.6 is 0 Å². The number of ether oxygens (including phenoxy) is 1. The number of benzene rings is 2. The van der Waals surface area contributed by atoms with Crippen molar-refractivity contribution in [3.8, 4) is 11.4 Å². The highest BCUT2D eigenvalue weighted by Crippen LogP contribution is 2.23. The van der Waals surface area contributed by atoms with Crippen LogP contribution in [-0.2, 0) is 0 Å². The van der Waals surface area contributed by atoms with Crippen LogP contribution in [0.5, 0.6) is 5.75 Å². The summed E-state index contributed by atoms with van der Waals surface area (Å²) in [6, 6.07) is 11.3. The van der Waals surface area contributed by atoms with E-state index in [9.17, 15) is 22.8 Å². The quantitative estimate of drug-likeness (QED) is 0.666. The number of aryl methyl sites for hydroxylation is 1. The summed E-state index contributed by atoms with van der Waals surface area (Å²) in [4.78, 5) is 23.1. The minimum absolute atomic E-state index is 0.164. The smallest absolute Gasteiger partial charge is 0.406 e. The van der Waals surface area contributed by atoms with Crippen molar-refractivity contribution in [3.05, 3.63) is 71.5 Å². The standard InChI is InChI=1S/C19H14F3N3O3/c1-12-17(10-25(24-12)15-6-2-13(11-26)3-7-15)23-18(27)14-4-8-16(9-5-14)28-19(20,21)22/h2-11H,1H3,(H,23,27). The van der Waals surface area contributed by atoms with Gasteiger partial charge in [0.05, 0.1) is 23.3 Å². The fourth-order valence-corrected chi connectivity index (χ4v) is 2.42. The molecule has 0 bridgehead atoms. The molecule has 0 aliphatic carbocycles. The summed E-state index contributed by atoms with van der Waals surface area (Å²) in [7, 11) is 0. The van der Waals surface area contributed by atoms with Gasteiger partial charge in [0.2, 0.25) is 0 Å². The first-order valence-electron chi connectivity index (χ1n) is 8.04. The lowest BCUT2D eigenvalue weighted by Gasteiger charge is -2.09. The van der Waals surface area contributed by atoms with E-state index in [0.29, 0.717) is 22.6 Å². The van der Waals surface area contributed by atoms with E-state index < -0.39 is 18.0 Å². The number of alkyl halides is 3. The zero-order valence-corrected chi connectivity index (χ0v) is 14.5. The number of carbonyl (C=O) groups excluding carboxylic acids is 2. The first-order valence-corrected chi connectivity index (χ1v) is 8.04. The first-order chi connectivity index (χ1) is 13.2. The van der Waals surface area contributed by atoms with E-state index in [0.717, 1.165) is 18.4 Å². The molecule has 9 heteroatoms. The third kappa shape index (κ3) is 4.56. The highest BCUT2D eigenvalue weighted by Gasteiger charge is 2.31. The average molecular weight is 389 g/mol. The SMILES string of the molecule is Cc1nn(-c2ccc(C=O)cc2)cc1NC(=O)c1ccc(OC(F)(F)F)cc1. The fourth-order valence-electron chi connectivity index (χ4n) is 2.42. The molecule has 0 radical (unpaired) electrons. The lowest BCUT2D eigenvalue weighted by Crippen LogP contribution is -2.17. The van der Waals surface area contributed by atoms with Gasteiger partial charge in [-0.2, -0.15) is 5.10 Å². The number of halogens is 3. The van der Waals surface area contributed by atoms with Crippen LogP contribution in [0.25, 0.3) is 5.69 Å². The monoisotopic (exact) mass is 389 g/mol. The number of aldehydes is 1. The van der Waals surface area contributed by atoms with Crippen LogP contribution < -0.4 is 10.1 Å². The van der Waals surface area contributed by atoms with Crippen molar-refractivity contribution >= 4 is 17.9 Å². The van der Waals surface area contributed by atoms with Gasteiger partial charge in [-0.1, -0.05) is 0 Å². The molecule has 3 rings (SSSR count). The van der Waals surface area contributed by atoms with E-state index >= 15 is 0 Å². The van der Waals surface area contributed by atoms with E-state index in [1.807, 2.05) is 0 Å². The predicted molar refractivity (Wildman–Crippen MR) is 94.8 cm³/mol. The highest BCUT2D eigenvalue weighted by atomic mass is 19.4. The van der Waals surface area contributed by atoms with Gasteiger partial charge in [0.25, 0.3) is 5.91 Å². The molecule has 3 aromatic rings. The summed E-state index contributed by atoms with van der Waals surface area (Å²) in [5, 5.41) is 6.97. The molecule has 0 saturated heterocycles. The van der Waals surface area contributed by atoms with Gasteiger partial charge < -0.3 is 10.1 Å². The van der Waals surface area contributed by atoms with Crippen molar-refractivity contribution < 1.29 is 27.5 Å². The summed E-state index contributed by atoms with van der Waals surface area (Å²) >= 11 is 0. The number of hydrogen-bond acceptors (Lipinski definition) is 4. The van der Waals surface area contributed by atoms with Crippen molar-refractivity contribution in [1.82, 2.24) is 9.78 Å². The maximum Gasteiger partial charge on any atom is 0.573 e. The minimum Gasteiger partial charge on any atom is -0.406 e. The lowest BCUT2D eigenvalue weighted by molar-refractivity contribution is -0.274. The molecule has 0 fully saturated rings. The van der Waals surface area contributed by atoms with Crippen LogP contribution in [0.15, 0.2) is 54.7 Å². The minimum atomic E-state index is -4.79. The van der Waals surface area contributed by atoms with Crippen LogP contribution in [0, 0.1) is 6.92 Å². The molecule has 0 atom stereocenters. The maximum atomic E-state index is 12.3. The Morgan fingerprint density at radius 3 is 2.32 bits per heavy atom. The Bertz CT molecular complexity index is 994. The number of aromatic nitrogens is 2. The molecule has 1 heterocycles. The van der Waals surface area contributed by atoms with Gasteiger partial charge in [-0.15, -0.1) is 13.2 Å². The third-order valence-electron chi connectivity index (χ3n) is 3.79. The van der Waals surface area contributed by atoms with Gasteiger partial charge in [0.15, 0.2) is 0 Å². The van der Waals surface area contributed by atoms with Crippen molar-refractivity contribution in [2.24, 2.45) is 0 Å². The van der Waals surface area contributed by atoms with Crippen molar-refractivity contribution in [2.45, 2.75) is 13.3 Å². The molecule has 6 nitrogen and oxygen atoms in total. The molecule has 0 aliphatic rings. The molecule has 0 unspecified atom stereocenters. The molecule has 28 heavy (non-hydrogen) atoms. The number of nitrogens with zero attached hydrogens (tertiary/aromatic N) is 2. The van der Waals surface area contributed by atoms with Crippen molar-refractivity contribution in [1.29, 1.82) is 0 Å². The van der Waals surface area contributed by atoms with Crippen molar-refractivity contribution in [2.75, 3.05) is 5.32 Å². The molecule has 1 aromatic heterocycles. The molecule has 2 aromatic carbocycles. The Balaban J connectivity index is 1.73. The van der Waals surface area contributed by atoms with Gasteiger partial charge in [-0.3, -0.25) is 9.59 Å². The van der Waals surface area contributed by atoms with Crippen LogP contribution in [0.4, 0.5) is 18.9 Å². The Kier molecular flexibility index (Phi) is 5.16. The largest absolute Gasteiger partial charge is 0.573 e. The van der Waals surface area contributed by atoms with E-state index in [1.165, 1.54) is 12.1 Å². The Morgan fingerprint density at radius 2 is 1.75 bits per heavy atom. The molecular formula is C19H14F3N3O3. The Labute approximate surface area is 157 Å². The molecule has 0 spiro atoms. The normalized spacial score (nSPS) is 11.1. The second-order valence-electron chi connectivity index (χ2n) is 5.81.